The van der Waals surface area contributed by atoms with Crippen molar-refractivity contribution in [2.45, 2.75) is 64.6 Å². The first-order chi connectivity index (χ1) is 13.9. The lowest BCUT2D eigenvalue weighted by atomic mass is 9.89. The van der Waals surface area contributed by atoms with Crippen LogP contribution in [0.2, 0.25) is 0 Å². The van der Waals surface area contributed by atoms with Gasteiger partial charge in [-0.1, -0.05) is 13.0 Å². The van der Waals surface area contributed by atoms with Gasteiger partial charge in [-0.25, -0.2) is 9.37 Å². The number of fused-ring (bicyclic) bond motifs is 1. The van der Waals surface area contributed by atoms with Gasteiger partial charge in [0.1, 0.15) is 11.6 Å². The molecule has 1 aromatic carbocycles. The molecule has 5 nitrogen and oxygen atoms in total. The molecule has 0 aliphatic carbocycles. The van der Waals surface area contributed by atoms with Gasteiger partial charge in [0, 0.05) is 62.1 Å². The second kappa shape index (κ2) is 7.81. The summed E-state index contributed by atoms with van der Waals surface area (Å²) >= 11 is 0. The average Bonchev–Trinajstić information content (AvgIpc) is 3.25. The monoisotopic (exact) mass is 398 g/mol. The summed E-state index contributed by atoms with van der Waals surface area (Å²) in [5, 5.41) is 0. The van der Waals surface area contributed by atoms with E-state index in [1.807, 2.05) is 17.2 Å². The average molecular weight is 399 g/mol. The highest BCUT2D eigenvalue weighted by molar-refractivity contribution is 5.76. The molecule has 29 heavy (non-hydrogen) atoms. The SMILES string of the molecule is CCc1nccn1CCC(=O)N1CC[C@H]2[C@@H](C1)CC(C)(C)N2c1cccc(F)c1. The van der Waals surface area contributed by atoms with Crippen LogP contribution in [0, 0.1) is 11.7 Å². The predicted molar refractivity (Wildman–Crippen MR) is 112 cm³/mol. The Bertz CT molecular complexity index is 877. The number of halogens is 1. The van der Waals surface area contributed by atoms with E-state index in [1.165, 1.54) is 6.07 Å². The number of carbonyl (C=O) groups is 1. The molecule has 3 heterocycles. The maximum absolute atomic E-state index is 13.8. The van der Waals surface area contributed by atoms with E-state index in [0.29, 0.717) is 24.9 Å². The minimum atomic E-state index is -0.194. The molecule has 6 heteroatoms. The third-order valence-electron chi connectivity index (χ3n) is 6.56. The van der Waals surface area contributed by atoms with E-state index >= 15 is 0 Å². The summed E-state index contributed by atoms with van der Waals surface area (Å²) in [7, 11) is 0. The van der Waals surface area contributed by atoms with Crippen LogP contribution in [0.15, 0.2) is 36.7 Å². The van der Waals surface area contributed by atoms with Gasteiger partial charge in [-0.3, -0.25) is 4.79 Å². The number of piperidine rings is 1. The molecule has 2 atom stereocenters. The quantitative estimate of drug-likeness (QED) is 0.768. The number of imidazole rings is 1. The molecule has 0 unspecified atom stereocenters. The van der Waals surface area contributed by atoms with Gasteiger partial charge >= 0.3 is 0 Å². The second-order valence-corrected chi connectivity index (χ2v) is 8.96. The summed E-state index contributed by atoms with van der Waals surface area (Å²) in [6.07, 6.45) is 7.09. The number of aromatic nitrogens is 2. The Morgan fingerprint density at radius 3 is 2.93 bits per heavy atom. The molecule has 0 bridgehead atoms. The standard InChI is InChI=1S/C23H31FN4O/c1-4-21-25-10-13-26(21)12-9-22(29)27-11-8-20-17(16-27)15-23(2,3)28(20)19-7-5-6-18(24)14-19/h5-7,10,13-14,17,20H,4,8-9,11-12,15-16H2,1-3H3/t17-,20+/m1/s1. The molecule has 0 radical (unpaired) electrons. The van der Waals surface area contributed by atoms with Crippen LogP contribution in [0.25, 0.3) is 0 Å². The number of likely N-dealkylation sites (tertiary alicyclic amines) is 1. The number of benzene rings is 1. The molecule has 0 N–H and O–H groups in total. The highest BCUT2D eigenvalue weighted by Gasteiger charge is 2.48. The zero-order chi connectivity index (χ0) is 20.6. The van der Waals surface area contributed by atoms with E-state index in [9.17, 15) is 9.18 Å². The number of amides is 1. The van der Waals surface area contributed by atoms with Crippen molar-refractivity contribution in [3.63, 3.8) is 0 Å². The first kappa shape index (κ1) is 19.9. The lowest BCUT2D eigenvalue weighted by Gasteiger charge is -2.42. The van der Waals surface area contributed by atoms with E-state index in [-0.39, 0.29) is 17.3 Å². The maximum Gasteiger partial charge on any atom is 0.224 e. The molecule has 156 valence electrons. The first-order valence-electron chi connectivity index (χ1n) is 10.7. The third kappa shape index (κ3) is 3.89. The van der Waals surface area contributed by atoms with Crippen molar-refractivity contribution in [1.29, 1.82) is 0 Å². The van der Waals surface area contributed by atoms with Crippen LogP contribution in [-0.4, -0.2) is 45.0 Å². The Morgan fingerprint density at radius 1 is 1.34 bits per heavy atom. The number of aryl methyl sites for hydroxylation is 2. The van der Waals surface area contributed by atoms with E-state index in [2.05, 4.69) is 35.2 Å². The van der Waals surface area contributed by atoms with Gasteiger partial charge in [0.15, 0.2) is 0 Å². The van der Waals surface area contributed by atoms with Gasteiger partial charge in [0.25, 0.3) is 0 Å². The van der Waals surface area contributed by atoms with E-state index < -0.39 is 0 Å². The van der Waals surface area contributed by atoms with Gasteiger partial charge < -0.3 is 14.4 Å². The molecule has 1 aromatic heterocycles. The van der Waals surface area contributed by atoms with Crippen LogP contribution in [-0.2, 0) is 17.8 Å². The van der Waals surface area contributed by atoms with Crippen LogP contribution in [0.1, 0.15) is 45.9 Å². The zero-order valence-electron chi connectivity index (χ0n) is 17.6. The summed E-state index contributed by atoms with van der Waals surface area (Å²) in [4.78, 5) is 21.6. The third-order valence-corrected chi connectivity index (χ3v) is 6.56. The smallest absolute Gasteiger partial charge is 0.224 e. The number of hydrogen-bond acceptors (Lipinski definition) is 3. The molecule has 2 aliphatic rings. The zero-order valence-corrected chi connectivity index (χ0v) is 17.6. The summed E-state index contributed by atoms with van der Waals surface area (Å²) in [6, 6.07) is 7.28. The minimum absolute atomic E-state index is 0.0466. The van der Waals surface area contributed by atoms with Gasteiger partial charge in [-0.15, -0.1) is 0 Å². The van der Waals surface area contributed by atoms with Gasteiger partial charge in [0.2, 0.25) is 5.91 Å². The lowest BCUT2D eigenvalue weighted by Crippen LogP contribution is -2.50. The Labute approximate surface area is 172 Å². The predicted octanol–water partition coefficient (Wildman–Crippen LogP) is 3.88. The molecule has 0 saturated carbocycles. The summed E-state index contributed by atoms with van der Waals surface area (Å²) in [6.45, 7) is 8.79. The van der Waals surface area contributed by atoms with Gasteiger partial charge in [-0.2, -0.15) is 0 Å². The Hall–Kier alpha value is -2.37. The number of carbonyl (C=O) groups excluding carboxylic acids is 1. The van der Waals surface area contributed by atoms with Crippen LogP contribution in [0.4, 0.5) is 10.1 Å². The molecule has 4 rings (SSSR count). The maximum atomic E-state index is 13.8. The fourth-order valence-corrected chi connectivity index (χ4v) is 5.37. The molecule has 2 aliphatic heterocycles. The molecular weight excluding hydrogens is 367 g/mol. The summed E-state index contributed by atoms with van der Waals surface area (Å²) in [5.41, 5.74) is 0.907. The van der Waals surface area contributed by atoms with Gasteiger partial charge in [-0.05, 0) is 50.8 Å². The topological polar surface area (TPSA) is 41.4 Å². The van der Waals surface area contributed by atoms with Crippen molar-refractivity contribution in [2.75, 3.05) is 18.0 Å². The van der Waals surface area contributed by atoms with Crippen LogP contribution < -0.4 is 4.90 Å². The fraction of sp³-hybridized carbons (Fsp3) is 0.565. The van der Waals surface area contributed by atoms with E-state index in [4.69, 9.17) is 0 Å². The lowest BCUT2D eigenvalue weighted by molar-refractivity contribution is -0.133. The number of anilines is 1. The van der Waals surface area contributed by atoms with Gasteiger partial charge in [0.05, 0.1) is 0 Å². The number of nitrogens with zero attached hydrogens (tertiary/aromatic N) is 4. The number of rotatable bonds is 5. The Kier molecular flexibility index (Phi) is 5.36. The van der Waals surface area contributed by atoms with Crippen LogP contribution >= 0.6 is 0 Å². The minimum Gasteiger partial charge on any atom is -0.363 e. The van der Waals surface area contributed by atoms with Crippen molar-refractivity contribution in [3.05, 3.63) is 48.3 Å². The summed E-state index contributed by atoms with van der Waals surface area (Å²) in [5.74, 6) is 1.48. The first-order valence-corrected chi connectivity index (χ1v) is 10.7. The summed E-state index contributed by atoms with van der Waals surface area (Å²) < 4.78 is 15.9. The Morgan fingerprint density at radius 2 is 2.17 bits per heavy atom. The highest BCUT2D eigenvalue weighted by Crippen LogP contribution is 2.44. The van der Waals surface area contributed by atoms with Crippen molar-refractivity contribution in [2.24, 2.45) is 5.92 Å². The Balaban J connectivity index is 1.42. The molecular formula is C23H31FN4O. The number of hydrogen-bond donors (Lipinski definition) is 0. The van der Waals surface area contributed by atoms with Crippen LogP contribution in [0.5, 0.6) is 0 Å². The van der Waals surface area contributed by atoms with Crippen molar-refractivity contribution in [1.82, 2.24) is 14.5 Å². The molecule has 1 amide bonds. The molecule has 0 spiro atoms. The molecule has 2 fully saturated rings. The molecule has 2 aromatic rings. The fourth-order valence-electron chi connectivity index (χ4n) is 5.37. The largest absolute Gasteiger partial charge is 0.363 e. The second-order valence-electron chi connectivity index (χ2n) is 8.96. The normalized spacial score (nSPS) is 23.3. The van der Waals surface area contributed by atoms with Crippen molar-refractivity contribution < 1.29 is 9.18 Å². The van der Waals surface area contributed by atoms with E-state index in [1.54, 1.807) is 18.3 Å². The van der Waals surface area contributed by atoms with E-state index in [0.717, 1.165) is 43.9 Å². The molecule has 2 saturated heterocycles. The van der Waals surface area contributed by atoms with Crippen LogP contribution in [0.3, 0.4) is 0 Å². The van der Waals surface area contributed by atoms with Crippen molar-refractivity contribution >= 4 is 11.6 Å². The highest BCUT2D eigenvalue weighted by atomic mass is 19.1. The van der Waals surface area contributed by atoms with Crippen molar-refractivity contribution in [3.8, 4) is 0 Å².